The standard InChI is InChI=1S/C8H10N4O3/c1-15-8-4(7(11)14)2-3(6(10)13)5(9)12-8/h2H,1H3,(H2,9,12)(H2,10,13)(H2,11,14). The van der Waals surface area contributed by atoms with Crippen LogP contribution in [-0.4, -0.2) is 23.9 Å². The van der Waals surface area contributed by atoms with Crippen LogP contribution in [0.4, 0.5) is 5.82 Å². The van der Waals surface area contributed by atoms with Gasteiger partial charge < -0.3 is 21.9 Å². The number of rotatable bonds is 3. The molecule has 1 rings (SSSR count). The van der Waals surface area contributed by atoms with Crippen molar-refractivity contribution in [3.8, 4) is 5.88 Å². The van der Waals surface area contributed by atoms with Crippen LogP contribution in [-0.2, 0) is 0 Å². The molecule has 0 aliphatic rings. The van der Waals surface area contributed by atoms with Crippen LogP contribution in [0.25, 0.3) is 0 Å². The molecule has 0 aliphatic heterocycles. The van der Waals surface area contributed by atoms with Gasteiger partial charge in [0, 0.05) is 0 Å². The molecule has 0 fully saturated rings. The predicted molar refractivity (Wildman–Crippen MR) is 52.2 cm³/mol. The highest BCUT2D eigenvalue weighted by molar-refractivity contribution is 6.02. The number of pyridine rings is 1. The monoisotopic (exact) mass is 210 g/mol. The Labute approximate surface area is 85.2 Å². The molecule has 7 nitrogen and oxygen atoms in total. The fourth-order valence-electron chi connectivity index (χ4n) is 1.04. The third kappa shape index (κ3) is 1.96. The van der Waals surface area contributed by atoms with E-state index in [1.165, 1.54) is 7.11 Å². The van der Waals surface area contributed by atoms with Gasteiger partial charge in [-0.05, 0) is 6.07 Å². The zero-order valence-electron chi connectivity index (χ0n) is 7.98. The minimum absolute atomic E-state index is 0.0370. The van der Waals surface area contributed by atoms with E-state index in [-0.39, 0.29) is 22.8 Å². The summed E-state index contributed by atoms with van der Waals surface area (Å²) < 4.78 is 4.78. The fourth-order valence-corrected chi connectivity index (χ4v) is 1.04. The Kier molecular flexibility index (Phi) is 2.75. The first-order chi connectivity index (χ1) is 6.97. The highest BCUT2D eigenvalue weighted by Gasteiger charge is 2.17. The first-order valence-corrected chi connectivity index (χ1v) is 3.91. The zero-order valence-corrected chi connectivity index (χ0v) is 7.98. The number of carbonyl (C=O) groups excluding carboxylic acids is 2. The SMILES string of the molecule is COc1nc(N)c(C(N)=O)cc1C(N)=O. The van der Waals surface area contributed by atoms with Gasteiger partial charge in [0.15, 0.2) is 0 Å². The Bertz CT molecular complexity index is 430. The normalized spacial score (nSPS) is 9.67. The summed E-state index contributed by atoms with van der Waals surface area (Å²) in [6, 6.07) is 1.16. The molecule has 2 amide bonds. The van der Waals surface area contributed by atoms with E-state index in [1.807, 2.05) is 0 Å². The van der Waals surface area contributed by atoms with Gasteiger partial charge in [-0.25, -0.2) is 0 Å². The fraction of sp³-hybridized carbons (Fsp3) is 0.125. The van der Waals surface area contributed by atoms with Gasteiger partial charge in [-0.2, -0.15) is 4.98 Å². The summed E-state index contributed by atoms with van der Waals surface area (Å²) in [6.07, 6.45) is 0. The van der Waals surface area contributed by atoms with E-state index < -0.39 is 11.8 Å². The summed E-state index contributed by atoms with van der Waals surface area (Å²) in [4.78, 5) is 25.6. The number of nitrogen functional groups attached to an aromatic ring is 1. The lowest BCUT2D eigenvalue weighted by atomic mass is 10.1. The quantitative estimate of drug-likeness (QED) is 0.580. The molecule has 0 aromatic carbocycles. The van der Waals surface area contributed by atoms with Crippen molar-refractivity contribution in [3.63, 3.8) is 0 Å². The number of aromatic nitrogens is 1. The van der Waals surface area contributed by atoms with Crippen molar-refractivity contribution >= 4 is 17.6 Å². The second-order valence-electron chi connectivity index (χ2n) is 2.71. The molecular weight excluding hydrogens is 200 g/mol. The number of anilines is 1. The van der Waals surface area contributed by atoms with Crippen LogP contribution >= 0.6 is 0 Å². The van der Waals surface area contributed by atoms with Crippen LogP contribution < -0.4 is 21.9 Å². The summed E-state index contributed by atoms with van der Waals surface area (Å²) >= 11 is 0. The molecule has 6 N–H and O–H groups in total. The van der Waals surface area contributed by atoms with Gasteiger partial charge in [0.05, 0.1) is 12.7 Å². The van der Waals surface area contributed by atoms with E-state index in [0.29, 0.717) is 0 Å². The maximum absolute atomic E-state index is 11.0. The van der Waals surface area contributed by atoms with Crippen molar-refractivity contribution in [2.45, 2.75) is 0 Å². The van der Waals surface area contributed by atoms with Gasteiger partial charge in [-0.1, -0.05) is 0 Å². The van der Waals surface area contributed by atoms with Gasteiger partial charge >= 0.3 is 0 Å². The van der Waals surface area contributed by atoms with E-state index in [0.717, 1.165) is 6.07 Å². The maximum Gasteiger partial charge on any atom is 0.254 e. The lowest BCUT2D eigenvalue weighted by Gasteiger charge is -2.07. The topological polar surface area (TPSA) is 134 Å². The molecule has 15 heavy (non-hydrogen) atoms. The van der Waals surface area contributed by atoms with E-state index in [1.54, 1.807) is 0 Å². The van der Waals surface area contributed by atoms with Crippen molar-refractivity contribution in [3.05, 3.63) is 17.2 Å². The van der Waals surface area contributed by atoms with Crippen LogP contribution in [0.1, 0.15) is 20.7 Å². The Morgan fingerprint density at radius 1 is 1.27 bits per heavy atom. The van der Waals surface area contributed by atoms with Crippen LogP contribution in [0.5, 0.6) is 5.88 Å². The number of amides is 2. The smallest absolute Gasteiger partial charge is 0.254 e. The lowest BCUT2D eigenvalue weighted by molar-refractivity contribution is 0.0996. The molecule has 1 heterocycles. The largest absolute Gasteiger partial charge is 0.480 e. The third-order valence-corrected chi connectivity index (χ3v) is 1.74. The van der Waals surface area contributed by atoms with Crippen molar-refractivity contribution in [2.24, 2.45) is 11.5 Å². The molecule has 0 bridgehead atoms. The number of hydrogen-bond donors (Lipinski definition) is 3. The van der Waals surface area contributed by atoms with Crippen molar-refractivity contribution in [2.75, 3.05) is 12.8 Å². The van der Waals surface area contributed by atoms with Gasteiger partial charge in [-0.15, -0.1) is 0 Å². The van der Waals surface area contributed by atoms with Crippen LogP contribution in [0.15, 0.2) is 6.07 Å². The maximum atomic E-state index is 11.0. The van der Waals surface area contributed by atoms with Crippen molar-refractivity contribution in [1.82, 2.24) is 4.98 Å². The summed E-state index contributed by atoms with van der Waals surface area (Å²) in [5.74, 6) is -1.71. The number of nitrogens with two attached hydrogens (primary N) is 3. The minimum Gasteiger partial charge on any atom is -0.480 e. The zero-order chi connectivity index (χ0) is 11.6. The molecule has 80 valence electrons. The first kappa shape index (κ1) is 10.8. The average molecular weight is 210 g/mol. The van der Waals surface area contributed by atoms with Gasteiger partial charge in [0.2, 0.25) is 5.88 Å². The number of hydrogen-bond acceptors (Lipinski definition) is 5. The third-order valence-electron chi connectivity index (χ3n) is 1.74. The van der Waals surface area contributed by atoms with Crippen molar-refractivity contribution < 1.29 is 14.3 Å². The Hall–Kier alpha value is -2.31. The van der Waals surface area contributed by atoms with Crippen LogP contribution in [0, 0.1) is 0 Å². The van der Waals surface area contributed by atoms with Crippen LogP contribution in [0.2, 0.25) is 0 Å². The Morgan fingerprint density at radius 3 is 2.20 bits per heavy atom. The van der Waals surface area contributed by atoms with Gasteiger partial charge in [0.1, 0.15) is 11.4 Å². The average Bonchev–Trinajstić information content (AvgIpc) is 2.16. The van der Waals surface area contributed by atoms with Crippen LogP contribution in [0.3, 0.4) is 0 Å². The number of nitrogens with zero attached hydrogens (tertiary/aromatic N) is 1. The Balaban J connectivity index is 3.43. The molecule has 0 aliphatic carbocycles. The highest BCUT2D eigenvalue weighted by atomic mass is 16.5. The summed E-state index contributed by atoms with van der Waals surface area (Å²) in [6.45, 7) is 0. The summed E-state index contributed by atoms with van der Waals surface area (Å²) in [5.41, 5.74) is 15.4. The Morgan fingerprint density at radius 2 is 1.80 bits per heavy atom. The number of carbonyl (C=O) groups is 2. The molecule has 0 unspecified atom stereocenters. The summed E-state index contributed by atoms with van der Waals surface area (Å²) in [7, 11) is 1.30. The van der Waals surface area contributed by atoms with Gasteiger partial charge in [0.25, 0.3) is 11.8 Å². The number of methoxy groups -OCH3 is 1. The van der Waals surface area contributed by atoms with E-state index >= 15 is 0 Å². The van der Waals surface area contributed by atoms with E-state index in [4.69, 9.17) is 21.9 Å². The second-order valence-corrected chi connectivity index (χ2v) is 2.71. The highest BCUT2D eigenvalue weighted by Crippen LogP contribution is 2.20. The molecule has 1 aromatic heterocycles. The van der Waals surface area contributed by atoms with Crippen molar-refractivity contribution in [1.29, 1.82) is 0 Å². The lowest BCUT2D eigenvalue weighted by Crippen LogP contribution is -2.19. The predicted octanol–water partition coefficient (Wildman–Crippen LogP) is -1.13. The second kappa shape index (κ2) is 3.82. The minimum atomic E-state index is -0.787. The molecule has 0 saturated heterocycles. The first-order valence-electron chi connectivity index (χ1n) is 3.91. The van der Waals surface area contributed by atoms with E-state index in [2.05, 4.69) is 4.98 Å². The molecule has 0 radical (unpaired) electrons. The summed E-state index contributed by atoms with van der Waals surface area (Å²) in [5, 5.41) is 0. The number of primary amides is 2. The molecule has 1 aromatic rings. The molecule has 0 atom stereocenters. The molecule has 0 spiro atoms. The van der Waals surface area contributed by atoms with E-state index in [9.17, 15) is 9.59 Å². The molecule has 0 saturated carbocycles. The number of ether oxygens (including phenoxy) is 1. The molecular formula is C8H10N4O3. The van der Waals surface area contributed by atoms with Gasteiger partial charge in [-0.3, -0.25) is 9.59 Å². The molecule has 7 heteroatoms.